The van der Waals surface area contributed by atoms with Gasteiger partial charge < -0.3 is 26.0 Å². The third kappa shape index (κ3) is 4.68. The number of ether oxygens (including phenoxy) is 2. The molecule has 1 fully saturated rings. The lowest BCUT2D eigenvalue weighted by Gasteiger charge is -2.16. The number of halogens is 1. The fourth-order valence-electron chi connectivity index (χ4n) is 3.91. The zero-order chi connectivity index (χ0) is 23.5. The second-order valence-corrected chi connectivity index (χ2v) is 7.80. The van der Waals surface area contributed by atoms with Crippen molar-refractivity contribution in [3.05, 3.63) is 65.0 Å². The minimum atomic E-state index is -1.12. The average molecular weight is 455 g/mol. The Kier molecular flexibility index (Phi) is 6.59. The largest absolute Gasteiger partial charge is 0.496 e. The molecule has 2 aromatic carbocycles. The highest BCUT2D eigenvalue weighted by Gasteiger charge is 2.27. The first-order valence-electron chi connectivity index (χ1n) is 10.5. The number of carbonyl (C=O) groups excluding carboxylic acids is 1. The number of aliphatic hydroxyl groups excluding tert-OH is 1. The number of nitrogens with zero attached hydrogens (tertiary/aromatic N) is 2. The van der Waals surface area contributed by atoms with E-state index in [1.165, 1.54) is 25.3 Å². The smallest absolute Gasteiger partial charge is 0.254 e. The molecule has 6 N–H and O–H groups in total. The fourth-order valence-corrected chi connectivity index (χ4v) is 3.91. The lowest BCUT2D eigenvalue weighted by Crippen LogP contribution is -2.21. The van der Waals surface area contributed by atoms with Crippen LogP contribution in [0, 0.1) is 5.82 Å². The van der Waals surface area contributed by atoms with Gasteiger partial charge in [-0.1, -0.05) is 24.3 Å². The van der Waals surface area contributed by atoms with E-state index in [1.54, 1.807) is 16.8 Å². The molecule has 1 aliphatic heterocycles. The van der Waals surface area contributed by atoms with Gasteiger partial charge in [0.1, 0.15) is 34.9 Å². The quantitative estimate of drug-likeness (QED) is 0.382. The lowest BCUT2D eigenvalue weighted by atomic mass is 10.0. The molecule has 1 aromatic heterocycles. The summed E-state index contributed by atoms with van der Waals surface area (Å²) in [6, 6.07) is 11.2. The van der Waals surface area contributed by atoms with Crippen LogP contribution in [0.25, 0.3) is 11.3 Å². The van der Waals surface area contributed by atoms with Crippen LogP contribution in [0.2, 0.25) is 0 Å². The van der Waals surface area contributed by atoms with Crippen LogP contribution in [0.4, 0.5) is 10.2 Å². The Bertz CT molecular complexity index is 1140. The van der Waals surface area contributed by atoms with Gasteiger partial charge in [0.25, 0.3) is 5.91 Å². The first kappa shape index (κ1) is 22.7. The van der Waals surface area contributed by atoms with E-state index in [0.29, 0.717) is 42.3 Å². The van der Waals surface area contributed by atoms with Gasteiger partial charge in [0.15, 0.2) is 0 Å². The highest BCUT2D eigenvalue weighted by atomic mass is 19.1. The van der Waals surface area contributed by atoms with E-state index in [-0.39, 0.29) is 17.4 Å². The number of primary amides is 1. The number of benzene rings is 2. The van der Waals surface area contributed by atoms with Gasteiger partial charge >= 0.3 is 0 Å². The summed E-state index contributed by atoms with van der Waals surface area (Å²) in [5.41, 5.74) is 14.2. The molecule has 33 heavy (non-hydrogen) atoms. The van der Waals surface area contributed by atoms with Gasteiger partial charge in [0.05, 0.1) is 19.8 Å². The molecule has 0 saturated carbocycles. The van der Waals surface area contributed by atoms with Crippen LogP contribution in [0.3, 0.4) is 0 Å². The third-order valence-electron chi connectivity index (χ3n) is 5.66. The minimum Gasteiger partial charge on any atom is -0.496 e. The number of anilines is 1. The van der Waals surface area contributed by atoms with Gasteiger partial charge in [-0.25, -0.2) is 9.07 Å². The van der Waals surface area contributed by atoms with Crippen molar-refractivity contribution >= 4 is 11.7 Å². The Balaban J connectivity index is 1.51. The molecule has 1 saturated heterocycles. The van der Waals surface area contributed by atoms with Gasteiger partial charge in [0, 0.05) is 24.3 Å². The Labute approximate surface area is 190 Å². The first-order chi connectivity index (χ1) is 15.9. The molecular weight excluding hydrogens is 429 g/mol. The highest BCUT2D eigenvalue weighted by molar-refractivity contribution is 6.03. The molecule has 2 heterocycles. The second kappa shape index (κ2) is 9.57. The first-order valence-corrected chi connectivity index (χ1v) is 10.5. The maximum atomic E-state index is 13.6. The molecule has 2 unspecified atom stereocenters. The van der Waals surface area contributed by atoms with Crippen LogP contribution >= 0.6 is 0 Å². The number of hydrogen-bond donors (Lipinski definition) is 4. The van der Waals surface area contributed by atoms with Crippen molar-refractivity contribution in [3.63, 3.8) is 0 Å². The molecule has 10 heteroatoms. The fraction of sp³-hybridized carbons (Fsp3) is 0.304. The number of hydrogen-bond acceptors (Lipinski definition) is 7. The predicted molar refractivity (Wildman–Crippen MR) is 120 cm³/mol. The summed E-state index contributed by atoms with van der Waals surface area (Å²) < 4.78 is 25.8. The van der Waals surface area contributed by atoms with E-state index in [1.807, 2.05) is 12.1 Å². The number of rotatable bonds is 8. The third-order valence-corrected chi connectivity index (χ3v) is 5.66. The molecule has 0 spiro atoms. The topological polar surface area (TPSA) is 138 Å². The molecule has 174 valence electrons. The number of carbonyl (C=O) groups is 1. The molecule has 9 nitrogen and oxygen atoms in total. The number of amides is 1. The zero-order valence-electron chi connectivity index (χ0n) is 18.1. The van der Waals surface area contributed by atoms with Crippen LogP contribution in [-0.4, -0.2) is 41.1 Å². The highest BCUT2D eigenvalue weighted by Crippen LogP contribution is 2.31. The number of nitrogen functional groups attached to an aromatic ring is 1. The van der Waals surface area contributed by atoms with Crippen molar-refractivity contribution in [1.82, 2.24) is 15.1 Å². The van der Waals surface area contributed by atoms with Gasteiger partial charge in [-0.15, -0.1) is 0 Å². The maximum Gasteiger partial charge on any atom is 0.254 e. The van der Waals surface area contributed by atoms with Crippen molar-refractivity contribution in [3.8, 4) is 17.0 Å². The van der Waals surface area contributed by atoms with Crippen molar-refractivity contribution in [1.29, 1.82) is 0 Å². The van der Waals surface area contributed by atoms with Crippen molar-refractivity contribution < 1.29 is 23.8 Å². The summed E-state index contributed by atoms with van der Waals surface area (Å²) in [5, 5.41) is 17.9. The number of methoxy groups -OCH3 is 1. The zero-order valence-corrected chi connectivity index (χ0v) is 18.1. The normalized spacial score (nSPS) is 16.6. The number of aromatic nitrogens is 2. The van der Waals surface area contributed by atoms with Crippen molar-refractivity contribution in [2.45, 2.75) is 25.2 Å². The van der Waals surface area contributed by atoms with Gasteiger partial charge in [-0.2, -0.15) is 5.10 Å². The summed E-state index contributed by atoms with van der Waals surface area (Å²) in [7, 11) is 1.45. The van der Waals surface area contributed by atoms with E-state index >= 15 is 0 Å². The SMILES string of the molecule is COc1ccc(F)cc1C(O)NCc1ccc(-c2nn(C3CCOC3)c(N)c2C(N)=O)cc1. The van der Waals surface area contributed by atoms with Gasteiger partial charge in [0.2, 0.25) is 0 Å². The predicted octanol–water partition coefficient (Wildman–Crippen LogP) is 2.12. The molecule has 0 radical (unpaired) electrons. The van der Waals surface area contributed by atoms with Crippen molar-refractivity contribution in [2.24, 2.45) is 5.73 Å². The van der Waals surface area contributed by atoms with E-state index in [4.69, 9.17) is 20.9 Å². The molecule has 4 rings (SSSR count). The molecular formula is C23H26FN5O4. The molecule has 1 amide bonds. The summed E-state index contributed by atoms with van der Waals surface area (Å²) >= 11 is 0. The summed E-state index contributed by atoms with van der Waals surface area (Å²) in [6.45, 7) is 1.40. The lowest BCUT2D eigenvalue weighted by molar-refractivity contribution is 0.100. The maximum absolute atomic E-state index is 13.6. The molecule has 3 aromatic rings. The van der Waals surface area contributed by atoms with E-state index < -0.39 is 18.0 Å². The van der Waals surface area contributed by atoms with E-state index in [2.05, 4.69) is 10.4 Å². The van der Waals surface area contributed by atoms with Crippen LogP contribution in [-0.2, 0) is 11.3 Å². The molecule has 0 aliphatic carbocycles. The molecule has 0 bridgehead atoms. The second-order valence-electron chi connectivity index (χ2n) is 7.80. The Morgan fingerprint density at radius 1 is 1.36 bits per heavy atom. The Morgan fingerprint density at radius 2 is 2.12 bits per heavy atom. The van der Waals surface area contributed by atoms with Crippen LogP contribution < -0.4 is 21.5 Å². The average Bonchev–Trinajstić information content (AvgIpc) is 3.45. The van der Waals surface area contributed by atoms with E-state index in [9.17, 15) is 14.3 Å². The van der Waals surface area contributed by atoms with Crippen LogP contribution in [0.5, 0.6) is 5.75 Å². The molecule has 1 aliphatic rings. The standard InChI is InChI=1S/C23H26FN5O4/c1-32-18-7-6-15(24)10-17(18)23(31)27-11-13-2-4-14(5-3-13)20-19(22(26)30)21(25)29(28-20)16-8-9-33-12-16/h2-7,10,16,23,27,31H,8-9,11-12,25H2,1H3,(H2,26,30). The van der Waals surface area contributed by atoms with Crippen LogP contribution in [0.15, 0.2) is 42.5 Å². The van der Waals surface area contributed by atoms with Gasteiger partial charge in [-0.05, 0) is 30.2 Å². The minimum absolute atomic E-state index is 0.0402. The molecule has 2 atom stereocenters. The Hall–Kier alpha value is -3.47. The summed E-state index contributed by atoms with van der Waals surface area (Å²) in [5.74, 6) is -0.507. The van der Waals surface area contributed by atoms with Crippen LogP contribution in [0.1, 0.15) is 40.2 Å². The summed E-state index contributed by atoms with van der Waals surface area (Å²) in [6.07, 6.45) is -0.368. The Morgan fingerprint density at radius 3 is 2.76 bits per heavy atom. The monoisotopic (exact) mass is 455 g/mol. The number of nitrogens with two attached hydrogens (primary N) is 2. The van der Waals surface area contributed by atoms with Crippen molar-refractivity contribution in [2.75, 3.05) is 26.1 Å². The van der Waals surface area contributed by atoms with E-state index in [0.717, 1.165) is 12.0 Å². The van der Waals surface area contributed by atoms with Gasteiger partial charge in [-0.3, -0.25) is 10.1 Å². The summed E-state index contributed by atoms with van der Waals surface area (Å²) in [4.78, 5) is 12.1. The number of aliphatic hydroxyl groups is 1. The number of nitrogens with one attached hydrogen (secondary N) is 1.